The largest absolute Gasteiger partial charge is 0.349 e. The first kappa shape index (κ1) is 31.0. The van der Waals surface area contributed by atoms with E-state index in [1.807, 2.05) is 50.8 Å². The van der Waals surface area contributed by atoms with Crippen LogP contribution in [0.1, 0.15) is 85.0 Å². The third kappa shape index (κ3) is 6.54. The number of fused-ring (bicyclic) bond motifs is 2. The van der Waals surface area contributed by atoms with Crippen LogP contribution in [-0.4, -0.2) is 21.8 Å². The van der Waals surface area contributed by atoms with Gasteiger partial charge in [0.25, 0.3) is 0 Å². The number of aryl methyl sites for hydroxylation is 2. The van der Waals surface area contributed by atoms with Crippen molar-refractivity contribution < 1.29 is 18.4 Å². The lowest BCUT2D eigenvalue weighted by atomic mass is 9.98. The number of amides is 2. The Morgan fingerprint density at radius 3 is 1.48 bits per heavy atom. The molecule has 6 rings (SSSR count). The number of hydrogen-bond acceptors (Lipinski definition) is 4. The first-order chi connectivity index (χ1) is 21.2. The van der Waals surface area contributed by atoms with E-state index >= 15 is 0 Å². The first-order valence-electron chi connectivity index (χ1n) is 15.2. The lowest BCUT2D eigenvalue weighted by Gasteiger charge is -2.14. The second-order valence-corrected chi connectivity index (χ2v) is 11.5. The molecule has 2 amide bonds. The van der Waals surface area contributed by atoms with E-state index in [0.29, 0.717) is 24.0 Å². The summed E-state index contributed by atoms with van der Waals surface area (Å²) >= 11 is 0. The van der Waals surface area contributed by atoms with Crippen molar-refractivity contribution in [2.45, 2.75) is 78.3 Å². The summed E-state index contributed by atoms with van der Waals surface area (Å²) in [7, 11) is 0. The van der Waals surface area contributed by atoms with Crippen molar-refractivity contribution in [2.24, 2.45) is 0 Å². The predicted molar refractivity (Wildman–Crippen MR) is 168 cm³/mol. The molecule has 0 fully saturated rings. The zero-order chi connectivity index (χ0) is 31.4. The Hall–Kier alpha value is -4.46. The Morgan fingerprint density at radius 1 is 0.705 bits per heavy atom. The molecule has 4 aromatic rings. The lowest BCUT2D eigenvalue weighted by Crippen LogP contribution is -2.26. The summed E-state index contributed by atoms with van der Waals surface area (Å²) in [6.45, 7) is 7.22. The number of halogens is 2. The molecule has 2 aromatic heterocycles. The Balaban J connectivity index is 0.000000175. The van der Waals surface area contributed by atoms with Crippen molar-refractivity contribution in [3.8, 4) is 22.3 Å². The van der Waals surface area contributed by atoms with Gasteiger partial charge in [-0.15, -0.1) is 0 Å². The van der Waals surface area contributed by atoms with Crippen molar-refractivity contribution >= 4 is 11.8 Å². The number of aromatic nitrogens is 2. The second kappa shape index (κ2) is 13.5. The normalized spacial score (nSPS) is 16.4. The summed E-state index contributed by atoms with van der Waals surface area (Å²) in [5.74, 6) is -0.281. The molecule has 8 heteroatoms. The average molecular weight is 597 g/mol. The van der Waals surface area contributed by atoms with Gasteiger partial charge in [-0.1, -0.05) is 26.0 Å². The molecule has 0 radical (unpaired) electrons. The summed E-state index contributed by atoms with van der Waals surface area (Å²) in [5.41, 5.74) is 9.87. The van der Waals surface area contributed by atoms with Gasteiger partial charge < -0.3 is 10.6 Å². The monoisotopic (exact) mass is 596 g/mol. The average Bonchev–Trinajstić information content (AvgIpc) is 3.64. The van der Waals surface area contributed by atoms with Crippen LogP contribution in [0.4, 0.5) is 8.78 Å². The van der Waals surface area contributed by atoms with Crippen molar-refractivity contribution in [2.75, 3.05) is 0 Å². The molecular formula is C36H38F2N4O2. The Labute approximate surface area is 257 Å². The number of pyridine rings is 2. The van der Waals surface area contributed by atoms with Gasteiger partial charge in [0.15, 0.2) is 0 Å². The van der Waals surface area contributed by atoms with Crippen LogP contribution in [0.25, 0.3) is 22.3 Å². The molecule has 0 saturated carbocycles. The fraction of sp³-hybridized carbons (Fsp3) is 0.333. The van der Waals surface area contributed by atoms with Crippen LogP contribution < -0.4 is 10.6 Å². The molecule has 6 nitrogen and oxygen atoms in total. The molecule has 228 valence electrons. The summed E-state index contributed by atoms with van der Waals surface area (Å²) < 4.78 is 26.9. The highest BCUT2D eigenvalue weighted by Crippen LogP contribution is 2.38. The first-order valence-corrected chi connectivity index (χ1v) is 15.2. The Bertz CT molecular complexity index is 1580. The van der Waals surface area contributed by atoms with Gasteiger partial charge in [-0.05, 0) is 108 Å². The number of rotatable bonds is 6. The summed E-state index contributed by atoms with van der Waals surface area (Å²) in [6.07, 6.45) is 11.9. The minimum Gasteiger partial charge on any atom is -0.349 e. The van der Waals surface area contributed by atoms with Crippen LogP contribution in [0.2, 0.25) is 0 Å². The van der Waals surface area contributed by atoms with Crippen molar-refractivity contribution in [1.82, 2.24) is 20.6 Å². The zero-order valence-corrected chi connectivity index (χ0v) is 25.6. The maximum Gasteiger partial charge on any atom is 0.220 e. The number of hydrogen-bond donors (Lipinski definition) is 2. The van der Waals surface area contributed by atoms with E-state index in [9.17, 15) is 18.4 Å². The van der Waals surface area contributed by atoms with Crippen LogP contribution in [-0.2, 0) is 22.4 Å². The summed E-state index contributed by atoms with van der Waals surface area (Å²) in [6, 6.07) is 10.3. The molecule has 2 aliphatic carbocycles. The van der Waals surface area contributed by atoms with Crippen molar-refractivity contribution in [1.29, 1.82) is 0 Å². The van der Waals surface area contributed by atoms with Gasteiger partial charge in [0, 0.05) is 48.8 Å². The van der Waals surface area contributed by atoms with Gasteiger partial charge in [-0.25, -0.2) is 8.78 Å². The molecule has 2 N–H and O–H groups in total. The van der Waals surface area contributed by atoms with E-state index in [0.717, 1.165) is 59.1 Å². The quantitative estimate of drug-likeness (QED) is 0.243. The van der Waals surface area contributed by atoms with Gasteiger partial charge in [-0.3, -0.25) is 19.6 Å². The molecule has 2 heterocycles. The van der Waals surface area contributed by atoms with Crippen molar-refractivity contribution in [3.05, 3.63) is 106 Å². The van der Waals surface area contributed by atoms with Gasteiger partial charge in [-0.2, -0.15) is 0 Å². The third-order valence-corrected chi connectivity index (χ3v) is 8.55. The highest BCUT2D eigenvalue weighted by atomic mass is 19.1. The highest BCUT2D eigenvalue weighted by molar-refractivity contribution is 5.78. The number of carbonyl (C=O) groups excluding carboxylic acids is 2. The van der Waals surface area contributed by atoms with E-state index < -0.39 is 0 Å². The molecule has 0 saturated heterocycles. The zero-order valence-electron chi connectivity index (χ0n) is 25.6. The van der Waals surface area contributed by atoms with Gasteiger partial charge in [0.1, 0.15) is 11.6 Å². The number of nitrogens with one attached hydrogen (secondary N) is 2. The minimum absolute atomic E-state index is 0.0384. The van der Waals surface area contributed by atoms with Crippen LogP contribution in [0, 0.1) is 25.5 Å². The fourth-order valence-corrected chi connectivity index (χ4v) is 6.07. The second-order valence-electron chi connectivity index (χ2n) is 11.5. The SMILES string of the molecule is CCC(=O)NC1CCc2c(-c3ccc(F)c(C)c3)cncc21.CCC(=O)NC1CCc2c(-c3ccc(F)c(C)c3)cncc21. The van der Waals surface area contributed by atoms with Crippen LogP contribution in [0.5, 0.6) is 0 Å². The molecule has 0 aliphatic heterocycles. The fourth-order valence-electron chi connectivity index (χ4n) is 6.07. The molecule has 0 bridgehead atoms. The Kier molecular flexibility index (Phi) is 9.47. The maximum absolute atomic E-state index is 13.5. The highest BCUT2D eigenvalue weighted by Gasteiger charge is 2.28. The smallest absolute Gasteiger partial charge is 0.220 e. The van der Waals surface area contributed by atoms with Crippen LogP contribution >= 0.6 is 0 Å². The summed E-state index contributed by atoms with van der Waals surface area (Å²) in [5, 5.41) is 6.09. The molecule has 2 aliphatic rings. The van der Waals surface area contributed by atoms with E-state index in [4.69, 9.17) is 0 Å². The van der Waals surface area contributed by atoms with Crippen LogP contribution in [0.3, 0.4) is 0 Å². The van der Waals surface area contributed by atoms with E-state index in [-0.39, 0.29) is 35.5 Å². The van der Waals surface area contributed by atoms with Crippen LogP contribution in [0.15, 0.2) is 61.2 Å². The van der Waals surface area contributed by atoms with Gasteiger partial charge in [0.2, 0.25) is 11.8 Å². The van der Waals surface area contributed by atoms with E-state index in [1.165, 1.54) is 23.3 Å². The number of carbonyl (C=O) groups is 2. The van der Waals surface area contributed by atoms with E-state index in [1.54, 1.807) is 26.0 Å². The van der Waals surface area contributed by atoms with Gasteiger partial charge in [0.05, 0.1) is 12.1 Å². The van der Waals surface area contributed by atoms with E-state index in [2.05, 4.69) is 20.6 Å². The molecular weight excluding hydrogens is 558 g/mol. The molecule has 2 aromatic carbocycles. The lowest BCUT2D eigenvalue weighted by molar-refractivity contribution is -0.122. The third-order valence-electron chi connectivity index (χ3n) is 8.55. The molecule has 0 spiro atoms. The van der Waals surface area contributed by atoms with Gasteiger partial charge >= 0.3 is 0 Å². The standard InChI is InChI=1S/2C18H19FN2O/c2*1-3-18(22)21-17-7-5-13-14(9-20-10-15(13)17)12-4-6-16(19)11(2)8-12/h2*4,6,8-10,17H,3,5,7H2,1-2H3,(H,21,22). The molecule has 2 unspecified atom stereocenters. The summed E-state index contributed by atoms with van der Waals surface area (Å²) in [4.78, 5) is 31.9. The molecule has 44 heavy (non-hydrogen) atoms. The van der Waals surface area contributed by atoms with Crippen molar-refractivity contribution in [3.63, 3.8) is 0 Å². The molecule has 2 atom stereocenters. The maximum atomic E-state index is 13.5. The number of benzene rings is 2. The predicted octanol–water partition coefficient (Wildman–Crippen LogP) is 7.42. The minimum atomic E-state index is -0.197. The topological polar surface area (TPSA) is 84.0 Å². The number of nitrogens with zero attached hydrogens (tertiary/aromatic N) is 2. The Morgan fingerprint density at radius 2 is 1.11 bits per heavy atom.